The van der Waals surface area contributed by atoms with Crippen molar-refractivity contribution in [1.82, 2.24) is 4.90 Å². The average Bonchev–Trinajstić information content (AvgIpc) is 2.51. The lowest BCUT2D eigenvalue weighted by Crippen LogP contribution is -2.58. The van der Waals surface area contributed by atoms with Gasteiger partial charge in [-0.2, -0.15) is 0 Å². The maximum atomic E-state index is 6.34. The molecule has 0 aromatic carbocycles. The van der Waals surface area contributed by atoms with Gasteiger partial charge in [0.2, 0.25) is 0 Å². The standard InChI is InChI=1S/C21H41NO5/c1-20(2,3)26-12-11-24-10-9-23-8-7-22-13-17-15-25-16-18(14-22)19(17)27-21(4,5)6/h17-19H,7-16H2,1-6H3. The smallest absolute Gasteiger partial charge is 0.0707 e. The highest BCUT2D eigenvalue weighted by molar-refractivity contribution is 4.91. The van der Waals surface area contributed by atoms with Gasteiger partial charge in [0.1, 0.15) is 0 Å². The van der Waals surface area contributed by atoms with Crippen molar-refractivity contribution in [3.63, 3.8) is 0 Å². The van der Waals surface area contributed by atoms with Crippen LogP contribution in [0.15, 0.2) is 0 Å². The molecule has 0 aliphatic carbocycles. The fourth-order valence-corrected chi connectivity index (χ4v) is 3.70. The van der Waals surface area contributed by atoms with Crippen LogP contribution < -0.4 is 0 Å². The molecule has 0 aromatic rings. The van der Waals surface area contributed by atoms with Crippen molar-refractivity contribution in [3.05, 3.63) is 0 Å². The molecule has 2 atom stereocenters. The van der Waals surface area contributed by atoms with E-state index in [-0.39, 0.29) is 11.2 Å². The van der Waals surface area contributed by atoms with Crippen LogP contribution in [-0.2, 0) is 23.7 Å². The quantitative estimate of drug-likeness (QED) is 0.537. The topological polar surface area (TPSA) is 49.4 Å². The normalized spacial score (nSPS) is 27.1. The fraction of sp³-hybridized carbons (Fsp3) is 1.00. The summed E-state index contributed by atoms with van der Waals surface area (Å²) in [4.78, 5) is 2.50. The number of nitrogens with zero attached hydrogens (tertiary/aromatic N) is 1. The van der Waals surface area contributed by atoms with E-state index in [2.05, 4.69) is 46.4 Å². The minimum atomic E-state index is -0.103. The predicted molar refractivity (Wildman–Crippen MR) is 106 cm³/mol. The van der Waals surface area contributed by atoms with Gasteiger partial charge in [0, 0.05) is 31.5 Å². The SMILES string of the molecule is CC(C)(C)OCCOCCOCCN1CC2COCC(C1)C2OC(C)(C)C. The molecule has 0 amide bonds. The molecule has 2 aliphatic heterocycles. The zero-order valence-electron chi connectivity index (χ0n) is 18.3. The van der Waals surface area contributed by atoms with Gasteiger partial charge in [0.05, 0.1) is 63.6 Å². The second-order valence-corrected chi connectivity index (χ2v) is 9.70. The van der Waals surface area contributed by atoms with Crippen molar-refractivity contribution in [2.75, 3.05) is 65.9 Å². The van der Waals surface area contributed by atoms with E-state index < -0.39 is 0 Å². The molecule has 2 aliphatic rings. The van der Waals surface area contributed by atoms with E-state index in [1.54, 1.807) is 0 Å². The number of hydrogen-bond acceptors (Lipinski definition) is 6. The van der Waals surface area contributed by atoms with Gasteiger partial charge in [-0.1, -0.05) is 0 Å². The zero-order chi connectivity index (χ0) is 19.9. The molecule has 27 heavy (non-hydrogen) atoms. The van der Waals surface area contributed by atoms with Gasteiger partial charge in [-0.05, 0) is 41.5 Å². The van der Waals surface area contributed by atoms with Crippen LogP contribution in [0.3, 0.4) is 0 Å². The Morgan fingerprint density at radius 3 is 1.89 bits per heavy atom. The molecule has 2 bridgehead atoms. The van der Waals surface area contributed by atoms with Crippen molar-refractivity contribution in [2.45, 2.75) is 58.8 Å². The summed E-state index contributed by atoms with van der Waals surface area (Å²) in [6, 6.07) is 0. The molecule has 2 rings (SSSR count). The monoisotopic (exact) mass is 387 g/mol. The molecule has 0 saturated carbocycles. The van der Waals surface area contributed by atoms with Crippen LogP contribution in [0.5, 0.6) is 0 Å². The van der Waals surface area contributed by atoms with E-state index in [1.807, 2.05) is 0 Å². The Morgan fingerprint density at radius 2 is 1.33 bits per heavy atom. The number of fused-ring (bicyclic) bond motifs is 2. The summed E-state index contributed by atoms with van der Waals surface area (Å²) in [5.74, 6) is 0.922. The lowest BCUT2D eigenvalue weighted by Gasteiger charge is -2.48. The van der Waals surface area contributed by atoms with E-state index in [0.29, 0.717) is 44.4 Å². The largest absolute Gasteiger partial charge is 0.381 e. The number of rotatable bonds is 10. The molecule has 6 nitrogen and oxygen atoms in total. The first-order valence-corrected chi connectivity index (χ1v) is 10.4. The van der Waals surface area contributed by atoms with E-state index in [0.717, 1.165) is 39.5 Å². The molecule has 6 heteroatoms. The Hall–Kier alpha value is -0.240. The summed E-state index contributed by atoms with van der Waals surface area (Å²) >= 11 is 0. The minimum Gasteiger partial charge on any atom is -0.381 e. The van der Waals surface area contributed by atoms with E-state index >= 15 is 0 Å². The fourth-order valence-electron chi connectivity index (χ4n) is 3.70. The maximum absolute atomic E-state index is 6.34. The zero-order valence-corrected chi connectivity index (χ0v) is 18.3. The van der Waals surface area contributed by atoms with Gasteiger partial charge in [-0.3, -0.25) is 0 Å². The molecule has 0 spiro atoms. The van der Waals surface area contributed by atoms with Gasteiger partial charge in [0.15, 0.2) is 0 Å². The predicted octanol–water partition coefficient (Wildman–Crippen LogP) is 2.60. The first-order chi connectivity index (χ1) is 12.6. The van der Waals surface area contributed by atoms with Gasteiger partial charge >= 0.3 is 0 Å². The van der Waals surface area contributed by atoms with Crippen molar-refractivity contribution in [2.24, 2.45) is 11.8 Å². The molecular formula is C21H41NO5. The Bertz CT molecular complexity index is 404. The Kier molecular flexibility index (Phi) is 8.97. The van der Waals surface area contributed by atoms with E-state index in [9.17, 15) is 0 Å². The van der Waals surface area contributed by atoms with Crippen LogP contribution in [0.2, 0.25) is 0 Å². The first-order valence-electron chi connectivity index (χ1n) is 10.4. The molecule has 0 radical (unpaired) electrons. The Balaban J connectivity index is 1.55. The van der Waals surface area contributed by atoms with Crippen molar-refractivity contribution < 1.29 is 23.7 Å². The maximum Gasteiger partial charge on any atom is 0.0707 e. The number of ether oxygens (including phenoxy) is 5. The third kappa shape index (κ3) is 9.20. The summed E-state index contributed by atoms with van der Waals surface area (Å²) in [5, 5.41) is 0. The van der Waals surface area contributed by atoms with Crippen molar-refractivity contribution in [3.8, 4) is 0 Å². The number of likely N-dealkylation sites (tertiary alicyclic amines) is 1. The van der Waals surface area contributed by atoms with Crippen LogP contribution in [0.4, 0.5) is 0 Å². The second-order valence-electron chi connectivity index (χ2n) is 9.70. The summed E-state index contributed by atoms with van der Waals surface area (Å²) in [7, 11) is 0. The molecule has 2 saturated heterocycles. The second kappa shape index (κ2) is 10.5. The summed E-state index contributed by atoms with van der Waals surface area (Å²) < 4.78 is 29.0. The highest BCUT2D eigenvalue weighted by Crippen LogP contribution is 2.32. The highest BCUT2D eigenvalue weighted by Gasteiger charge is 2.42. The van der Waals surface area contributed by atoms with Crippen molar-refractivity contribution >= 4 is 0 Å². The summed E-state index contributed by atoms with van der Waals surface area (Å²) in [5.41, 5.74) is -0.198. The molecule has 0 aromatic heterocycles. The third-order valence-corrected chi connectivity index (χ3v) is 4.75. The third-order valence-electron chi connectivity index (χ3n) is 4.75. The molecule has 2 heterocycles. The number of piperidine rings is 1. The van der Waals surface area contributed by atoms with Crippen LogP contribution in [0.25, 0.3) is 0 Å². The van der Waals surface area contributed by atoms with Crippen LogP contribution in [0.1, 0.15) is 41.5 Å². The minimum absolute atomic E-state index is 0.0955. The highest BCUT2D eigenvalue weighted by atomic mass is 16.6. The van der Waals surface area contributed by atoms with E-state index in [4.69, 9.17) is 23.7 Å². The van der Waals surface area contributed by atoms with Gasteiger partial charge in [-0.25, -0.2) is 0 Å². The Morgan fingerprint density at radius 1 is 0.778 bits per heavy atom. The van der Waals surface area contributed by atoms with Crippen LogP contribution in [-0.4, -0.2) is 88.1 Å². The van der Waals surface area contributed by atoms with Crippen molar-refractivity contribution in [1.29, 1.82) is 0 Å². The Labute approximate surface area is 165 Å². The lowest BCUT2D eigenvalue weighted by atomic mass is 9.84. The van der Waals surface area contributed by atoms with Gasteiger partial charge < -0.3 is 28.6 Å². The summed E-state index contributed by atoms with van der Waals surface area (Å²) in [6.07, 6.45) is 0.319. The van der Waals surface area contributed by atoms with Gasteiger partial charge in [-0.15, -0.1) is 0 Å². The molecule has 160 valence electrons. The molecule has 2 fully saturated rings. The molecular weight excluding hydrogens is 346 g/mol. The van der Waals surface area contributed by atoms with Crippen LogP contribution >= 0.6 is 0 Å². The average molecular weight is 388 g/mol. The van der Waals surface area contributed by atoms with Crippen LogP contribution in [0, 0.1) is 11.8 Å². The van der Waals surface area contributed by atoms with E-state index in [1.165, 1.54) is 0 Å². The van der Waals surface area contributed by atoms with Gasteiger partial charge in [0.25, 0.3) is 0 Å². The first kappa shape index (κ1) is 23.0. The molecule has 2 unspecified atom stereocenters. The number of hydrogen-bond donors (Lipinski definition) is 0. The summed E-state index contributed by atoms with van der Waals surface area (Å²) in [6.45, 7) is 20.4. The lowest BCUT2D eigenvalue weighted by molar-refractivity contribution is -0.188. The molecule has 0 N–H and O–H groups in total.